The Hall–Kier alpha value is -1.88. The lowest BCUT2D eigenvalue weighted by Gasteiger charge is -2.10. The summed E-state index contributed by atoms with van der Waals surface area (Å²) in [7, 11) is 5.41. The second-order valence-corrected chi connectivity index (χ2v) is 4.89. The summed E-state index contributed by atoms with van der Waals surface area (Å²) in [5.74, 6) is 1.51. The normalized spacial score (nSPS) is 10.2. The van der Waals surface area contributed by atoms with Crippen molar-refractivity contribution in [1.29, 1.82) is 0 Å². The first-order valence-corrected chi connectivity index (χ1v) is 6.30. The minimum atomic E-state index is -0.0268. The first-order valence-electron chi connectivity index (χ1n) is 5.42. The van der Waals surface area contributed by atoms with Crippen LogP contribution in [0.25, 0.3) is 0 Å². The Balaban J connectivity index is 2.23. The van der Waals surface area contributed by atoms with E-state index in [1.807, 2.05) is 30.4 Å². The number of rotatable bonds is 4. The van der Waals surface area contributed by atoms with Crippen LogP contribution in [0.4, 0.5) is 5.82 Å². The number of methoxy groups -OCH3 is 1. The van der Waals surface area contributed by atoms with Crippen LogP contribution in [0.15, 0.2) is 29.8 Å². The van der Waals surface area contributed by atoms with Gasteiger partial charge >= 0.3 is 0 Å². The molecule has 0 aliphatic heterocycles. The molecule has 0 amide bonds. The Morgan fingerprint density at radius 1 is 1.39 bits per heavy atom. The first kappa shape index (κ1) is 12.6. The number of pyridine rings is 1. The number of aromatic nitrogens is 1. The number of nitrogens with zero attached hydrogens (tertiary/aromatic N) is 2. The third-order valence-corrected chi connectivity index (χ3v) is 3.41. The molecular formula is C13H14N2O2S. The topological polar surface area (TPSA) is 42.4 Å². The summed E-state index contributed by atoms with van der Waals surface area (Å²) in [5.41, 5.74) is 0.588. The maximum atomic E-state index is 12.2. The summed E-state index contributed by atoms with van der Waals surface area (Å²) in [6.45, 7) is 0. The number of ether oxygens (including phenoxy) is 1. The summed E-state index contributed by atoms with van der Waals surface area (Å²) in [6.07, 6.45) is 1.60. The van der Waals surface area contributed by atoms with Crippen molar-refractivity contribution in [3.8, 4) is 5.75 Å². The highest BCUT2D eigenvalue weighted by molar-refractivity contribution is 7.12. The van der Waals surface area contributed by atoms with Gasteiger partial charge in [-0.3, -0.25) is 4.79 Å². The van der Waals surface area contributed by atoms with Crippen LogP contribution >= 0.6 is 11.3 Å². The van der Waals surface area contributed by atoms with E-state index in [-0.39, 0.29) is 5.78 Å². The number of hydrogen-bond donors (Lipinski definition) is 0. The van der Waals surface area contributed by atoms with E-state index in [0.717, 1.165) is 5.82 Å². The van der Waals surface area contributed by atoms with Crippen molar-refractivity contribution in [3.05, 3.63) is 40.2 Å². The highest BCUT2D eigenvalue weighted by Gasteiger charge is 2.12. The van der Waals surface area contributed by atoms with Crippen LogP contribution in [0.1, 0.15) is 15.2 Å². The predicted octanol–water partition coefficient (Wildman–Crippen LogP) is 2.45. The van der Waals surface area contributed by atoms with Gasteiger partial charge < -0.3 is 9.64 Å². The maximum absolute atomic E-state index is 12.2. The second kappa shape index (κ2) is 5.18. The molecule has 0 bridgehead atoms. The van der Waals surface area contributed by atoms with E-state index in [4.69, 9.17) is 4.74 Å². The molecule has 2 aromatic heterocycles. The predicted molar refractivity (Wildman–Crippen MR) is 72.9 cm³/mol. The number of thiophene rings is 1. The molecule has 2 aromatic rings. The molecule has 5 heteroatoms. The SMILES string of the molecule is COc1csc(C(=O)c2ccc(N(C)C)nc2)c1. The molecule has 0 aliphatic rings. The van der Waals surface area contributed by atoms with E-state index >= 15 is 0 Å². The van der Waals surface area contributed by atoms with Crippen LogP contribution in [0.2, 0.25) is 0 Å². The summed E-state index contributed by atoms with van der Waals surface area (Å²) >= 11 is 1.37. The fraction of sp³-hybridized carbons (Fsp3) is 0.231. The van der Waals surface area contributed by atoms with E-state index in [0.29, 0.717) is 16.2 Å². The van der Waals surface area contributed by atoms with Gasteiger partial charge in [0.1, 0.15) is 11.6 Å². The average molecular weight is 262 g/mol. The molecule has 0 N–H and O–H groups in total. The Kier molecular flexibility index (Phi) is 3.62. The number of ketones is 1. The molecule has 94 valence electrons. The molecule has 0 atom stereocenters. The molecule has 0 spiro atoms. The molecule has 0 aromatic carbocycles. The van der Waals surface area contributed by atoms with Gasteiger partial charge in [0, 0.05) is 37.3 Å². The maximum Gasteiger partial charge on any atom is 0.204 e. The van der Waals surface area contributed by atoms with Crippen molar-refractivity contribution in [1.82, 2.24) is 4.98 Å². The molecule has 0 unspecified atom stereocenters. The Morgan fingerprint density at radius 3 is 2.67 bits per heavy atom. The Morgan fingerprint density at radius 2 is 2.17 bits per heavy atom. The zero-order valence-electron chi connectivity index (χ0n) is 10.5. The molecule has 2 rings (SSSR count). The molecular weight excluding hydrogens is 248 g/mol. The summed E-state index contributed by atoms with van der Waals surface area (Å²) in [5, 5.41) is 1.81. The lowest BCUT2D eigenvalue weighted by Crippen LogP contribution is -2.11. The van der Waals surface area contributed by atoms with Crippen molar-refractivity contribution in [2.75, 3.05) is 26.1 Å². The van der Waals surface area contributed by atoms with Gasteiger partial charge in [0.15, 0.2) is 0 Å². The lowest BCUT2D eigenvalue weighted by atomic mass is 10.1. The Bertz CT molecular complexity index is 546. The van der Waals surface area contributed by atoms with Gasteiger partial charge in [-0.2, -0.15) is 0 Å². The fourth-order valence-corrected chi connectivity index (χ4v) is 2.29. The average Bonchev–Trinajstić information content (AvgIpc) is 2.86. The third kappa shape index (κ3) is 2.51. The van der Waals surface area contributed by atoms with Crippen LogP contribution in [-0.2, 0) is 0 Å². The zero-order valence-corrected chi connectivity index (χ0v) is 11.3. The standard InChI is InChI=1S/C13H14N2O2S/c1-15(2)12-5-4-9(7-14-12)13(16)11-6-10(17-3)8-18-11/h4-8H,1-3H3. The van der Waals surface area contributed by atoms with E-state index in [2.05, 4.69) is 4.98 Å². The van der Waals surface area contributed by atoms with Crippen molar-refractivity contribution in [3.63, 3.8) is 0 Å². The molecule has 2 heterocycles. The first-order chi connectivity index (χ1) is 8.61. The summed E-state index contributed by atoms with van der Waals surface area (Å²) in [4.78, 5) is 18.9. The van der Waals surface area contributed by atoms with Crippen molar-refractivity contribution in [2.24, 2.45) is 0 Å². The second-order valence-electron chi connectivity index (χ2n) is 3.98. The van der Waals surface area contributed by atoms with Gasteiger partial charge in [0.05, 0.1) is 12.0 Å². The molecule has 0 fully saturated rings. The van der Waals surface area contributed by atoms with Gasteiger partial charge in [0.2, 0.25) is 5.78 Å². The summed E-state index contributed by atoms with van der Waals surface area (Å²) in [6, 6.07) is 5.36. The number of carbonyl (C=O) groups excluding carboxylic acids is 1. The van der Waals surface area contributed by atoms with E-state index < -0.39 is 0 Å². The molecule has 0 radical (unpaired) electrons. The van der Waals surface area contributed by atoms with Crippen molar-refractivity contribution >= 4 is 22.9 Å². The summed E-state index contributed by atoms with van der Waals surface area (Å²) < 4.78 is 5.07. The molecule has 4 nitrogen and oxygen atoms in total. The number of carbonyl (C=O) groups is 1. The van der Waals surface area contributed by atoms with Gasteiger partial charge in [-0.05, 0) is 12.1 Å². The molecule has 0 aliphatic carbocycles. The van der Waals surface area contributed by atoms with E-state index in [1.165, 1.54) is 11.3 Å². The van der Waals surface area contributed by atoms with Gasteiger partial charge in [-0.25, -0.2) is 4.98 Å². The van der Waals surface area contributed by atoms with Crippen molar-refractivity contribution < 1.29 is 9.53 Å². The van der Waals surface area contributed by atoms with Crippen LogP contribution in [0.3, 0.4) is 0 Å². The van der Waals surface area contributed by atoms with Crippen molar-refractivity contribution in [2.45, 2.75) is 0 Å². The van der Waals surface area contributed by atoms with Gasteiger partial charge in [0.25, 0.3) is 0 Å². The van der Waals surface area contributed by atoms with Crippen LogP contribution in [-0.4, -0.2) is 32.0 Å². The quantitative estimate of drug-likeness (QED) is 0.794. The lowest BCUT2D eigenvalue weighted by molar-refractivity contribution is 0.104. The molecule has 18 heavy (non-hydrogen) atoms. The number of anilines is 1. The minimum absolute atomic E-state index is 0.0268. The van der Waals surface area contributed by atoms with Gasteiger partial charge in [-0.1, -0.05) is 0 Å². The van der Waals surface area contributed by atoms with E-state index in [1.54, 1.807) is 25.4 Å². The smallest absolute Gasteiger partial charge is 0.204 e. The van der Waals surface area contributed by atoms with Crippen LogP contribution in [0, 0.1) is 0 Å². The number of hydrogen-bond acceptors (Lipinski definition) is 5. The molecule has 0 saturated carbocycles. The highest BCUT2D eigenvalue weighted by atomic mass is 32.1. The van der Waals surface area contributed by atoms with Crippen LogP contribution < -0.4 is 9.64 Å². The van der Waals surface area contributed by atoms with E-state index in [9.17, 15) is 4.79 Å². The fourth-order valence-electron chi connectivity index (χ4n) is 1.47. The minimum Gasteiger partial charge on any atom is -0.496 e. The van der Waals surface area contributed by atoms with Gasteiger partial charge in [-0.15, -0.1) is 11.3 Å². The molecule has 0 saturated heterocycles. The zero-order chi connectivity index (χ0) is 13.1. The van der Waals surface area contributed by atoms with Crippen LogP contribution in [0.5, 0.6) is 5.75 Å². The highest BCUT2D eigenvalue weighted by Crippen LogP contribution is 2.23. The third-order valence-electron chi connectivity index (χ3n) is 2.50. The monoisotopic (exact) mass is 262 g/mol. The largest absolute Gasteiger partial charge is 0.496 e. The Labute approximate surface area is 110 Å².